The van der Waals surface area contributed by atoms with Gasteiger partial charge in [-0.3, -0.25) is 9.78 Å². The summed E-state index contributed by atoms with van der Waals surface area (Å²) in [6, 6.07) is 6.45. The lowest BCUT2D eigenvalue weighted by atomic mass is 9.97. The molecule has 2 saturated heterocycles. The van der Waals surface area contributed by atoms with E-state index in [2.05, 4.69) is 15.3 Å². The van der Waals surface area contributed by atoms with Crippen molar-refractivity contribution in [3.63, 3.8) is 0 Å². The van der Waals surface area contributed by atoms with Gasteiger partial charge in [0.1, 0.15) is 0 Å². The van der Waals surface area contributed by atoms with Crippen molar-refractivity contribution >= 4 is 11.7 Å². The summed E-state index contributed by atoms with van der Waals surface area (Å²) in [5.41, 5.74) is 0.226. The number of likely N-dealkylation sites (tertiary alicyclic amines) is 1. The Kier molecular flexibility index (Phi) is 4.09. The highest BCUT2D eigenvalue weighted by Crippen LogP contribution is 2.36. The SMILES string of the molecule is O=C(c1cccnc1)N1CCC2(CC(Nc3ncccc3F)CO2)C1. The molecule has 2 aromatic heterocycles. The standard InChI is InChI=1S/C18H19FN4O2/c19-15-4-2-7-21-16(15)22-14-9-18(25-11-14)5-8-23(12-18)17(24)13-3-1-6-20-10-13/h1-4,6-7,10,14H,5,8-9,11-12H2,(H,21,22). The summed E-state index contributed by atoms with van der Waals surface area (Å²) in [4.78, 5) is 22.4. The van der Waals surface area contributed by atoms with Crippen LogP contribution in [0.5, 0.6) is 0 Å². The zero-order valence-electron chi connectivity index (χ0n) is 13.7. The monoisotopic (exact) mass is 342 g/mol. The van der Waals surface area contributed by atoms with Gasteiger partial charge in [0.25, 0.3) is 5.91 Å². The van der Waals surface area contributed by atoms with Crippen molar-refractivity contribution < 1.29 is 13.9 Å². The van der Waals surface area contributed by atoms with Crippen molar-refractivity contribution in [2.75, 3.05) is 25.0 Å². The highest BCUT2D eigenvalue weighted by molar-refractivity contribution is 5.94. The molecule has 1 N–H and O–H groups in total. The summed E-state index contributed by atoms with van der Waals surface area (Å²) in [7, 11) is 0. The van der Waals surface area contributed by atoms with Crippen LogP contribution in [0, 0.1) is 5.82 Å². The summed E-state index contributed by atoms with van der Waals surface area (Å²) in [5, 5.41) is 3.11. The highest BCUT2D eigenvalue weighted by atomic mass is 19.1. The summed E-state index contributed by atoms with van der Waals surface area (Å²) in [6.45, 7) is 1.67. The van der Waals surface area contributed by atoms with Gasteiger partial charge in [0.15, 0.2) is 11.6 Å². The lowest BCUT2D eigenvalue weighted by Crippen LogP contribution is -2.36. The van der Waals surface area contributed by atoms with Crippen LogP contribution >= 0.6 is 0 Å². The van der Waals surface area contributed by atoms with Crippen molar-refractivity contribution in [3.8, 4) is 0 Å². The molecule has 2 unspecified atom stereocenters. The third-order valence-corrected chi connectivity index (χ3v) is 4.82. The summed E-state index contributed by atoms with van der Waals surface area (Å²) in [5.74, 6) is -0.154. The molecule has 0 radical (unpaired) electrons. The second kappa shape index (κ2) is 6.40. The van der Waals surface area contributed by atoms with Crippen LogP contribution in [0.25, 0.3) is 0 Å². The molecule has 4 heterocycles. The summed E-state index contributed by atoms with van der Waals surface area (Å²) in [6.07, 6.45) is 6.29. The van der Waals surface area contributed by atoms with Crippen molar-refractivity contribution in [2.24, 2.45) is 0 Å². The fraction of sp³-hybridized carbons (Fsp3) is 0.389. The van der Waals surface area contributed by atoms with E-state index in [-0.39, 0.29) is 29.2 Å². The highest BCUT2D eigenvalue weighted by Gasteiger charge is 2.47. The Morgan fingerprint density at radius 2 is 2.24 bits per heavy atom. The zero-order valence-corrected chi connectivity index (χ0v) is 13.7. The molecule has 2 fully saturated rings. The van der Waals surface area contributed by atoms with E-state index < -0.39 is 0 Å². The first-order chi connectivity index (χ1) is 12.2. The van der Waals surface area contributed by atoms with Gasteiger partial charge in [0.2, 0.25) is 0 Å². The normalized spacial score (nSPS) is 25.5. The molecular weight excluding hydrogens is 323 g/mol. The van der Waals surface area contributed by atoms with Crippen LogP contribution in [-0.4, -0.2) is 52.1 Å². The maximum absolute atomic E-state index is 13.7. The molecule has 2 aliphatic rings. The molecule has 7 heteroatoms. The number of carbonyl (C=O) groups excluding carboxylic acids is 1. The molecule has 2 aromatic rings. The number of pyridine rings is 2. The number of carbonyl (C=O) groups is 1. The maximum Gasteiger partial charge on any atom is 0.255 e. The summed E-state index contributed by atoms with van der Waals surface area (Å²) < 4.78 is 19.8. The third kappa shape index (κ3) is 3.19. The molecule has 130 valence electrons. The Balaban J connectivity index is 1.40. The first-order valence-electron chi connectivity index (χ1n) is 8.36. The summed E-state index contributed by atoms with van der Waals surface area (Å²) >= 11 is 0. The van der Waals surface area contributed by atoms with Crippen LogP contribution in [0.15, 0.2) is 42.9 Å². The molecule has 2 atom stereocenters. The average molecular weight is 342 g/mol. The topological polar surface area (TPSA) is 67.4 Å². The smallest absolute Gasteiger partial charge is 0.255 e. The van der Waals surface area contributed by atoms with E-state index >= 15 is 0 Å². The lowest BCUT2D eigenvalue weighted by molar-refractivity contribution is 0.0125. The van der Waals surface area contributed by atoms with Gasteiger partial charge in [-0.25, -0.2) is 9.37 Å². The van der Waals surface area contributed by atoms with Crippen LogP contribution < -0.4 is 5.32 Å². The largest absolute Gasteiger partial charge is 0.371 e. The number of hydrogen-bond acceptors (Lipinski definition) is 5. The van der Waals surface area contributed by atoms with Crippen LogP contribution in [0.3, 0.4) is 0 Å². The number of aromatic nitrogens is 2. The zero-order chi connectivity index (χ0) is 17.3. The molecule has 4 rings (SSSR count). The Morgan fingerprint density at radius 3 is 3.04 bits per heavy atom. The van der Waals surface area contributed by atoms with Crippen molar-refractivity contribution in [2.45, 2.75) is 24.5 Å². The van der Waals surface area contributed by atoms with Gasteiger partial charge in [0, 0.05) is 31.6 Å². The number of nitrogens with zero attached hydrogens (tertiary/aromatic N) is 3. The Hall–Kier alpha value is -2.54. The average Bonchev–Trinajstić information content (AvgIpc) is 3.24. The minimum atomic E-state index is -0.372. The first-order valence-corrected chi connectivity index (χ1v) is 8.36. The Labute approximate surface area is 145 Å². The van der Waals surface area contributed by atoms with Crippen LogP contribution in [0.2, 0.25) is 0 Å². The van der Waals surface area contributed by atoms with Crippen molar-refractivity contribution in [1.82, 2.24) is 14.9 Å². The van der Waals surface area contributed by atoms with Gasteiger partial charge in [-0.2, -0.15) is 0 Å². The van der Waals surface area contributed by atoms with Gasteiger partial charge in [-0.15, -0.1) is 0 Å². The van der Waals surface area contributed by atoms with Crippen LogP contribution in [0.1, 0.15) is 23.2 Å². The fourth-order valence-corrected chi connectivity index (χ4v) is 3.60. The molecule has 25 heavy (non-hydrogen) atoms. The predicted molar refractivity (Wildman–Crippen MR) is 89.7 cm³/mol. The van der Waals surface area contributed by atoms with Gasteiger partial charge >= 0.3 is 0 Å². The number of rotatable bonds is 3. The molecule has 1 spiro atoms. The molecule has 2 aliphatic heterocycles. The number of halogens is 1. The number of anilines is 1. The minimum Gasteiger partial charge on any atom is -0.371 e. The first kappa shape index (κ1) is 16.0. The molecule has 6 nitrogen and oxygen atoms in total. The third-order valence-electron chi connectivity index (χ3n) is 4.82. The Bertz CT molecular complexity index is 773. The van der Waals surface area contributed by atoms with E-state index in [1.54, 1.807) is 41.7 Å². The van der Waals surface area contributed by atoms with E-state index in [0.717, 1.165) is 12.8 Å². The molecule has 1 amide bonds. The van der Waals surface area contributed by atoms with E-state index in [9.17, 15) is 9.18 Å². The Morgan fingerprint density at radius 1 is 1.36 bits per heavy atom. The number of hydrogen-bond donors (Lipinski definition) is 1. The molecular formula is C18H19FN4O2. The lowest BCUT2D eigenvalue weighted by Gasteiger charge is -2.23. The molecule has 0 bridgehead atoms. The number of ether oxygens (including phenoxy) is 1. The van der Waals surface area contributed by atoms with E-state index in [1.165, 1.54) is 6.07 Å². The number of amides is 1. The quantitative estimate of drug-likeness (QED) is 0.925. The van der Waals surface area contributed by atoms with Crippen molar-refractivity contribution in [1.29, 1.82) is 0 Å². The second-order valence-electron chi connectivity index (χ2n) is 6.59. The van der Waals surface area contributed by atoms with Crippen LogP contribution in [-0.2, 0) is 4.74 Å². The van der Waals surface area contributed by atoms with E-state index in [4.69, 9.17) is 4.74 Å². The molecule has 0 aromatic carbocycles. The van der Waals surface area contributed by atoms with Gasteiger partial charge in [0.05, 0.1) is 30.4 Å². The van der Waals surface area contributed by atoms with Gasteiger partial charge < -0.3 is 15.0 Å². The van der Waals surface area contributed by atoms with Crippen molar-refractivity contribution in [3.05, 3.63) is 54.2 Å². The second-order valence-corrected chi connectivity index (χ2v) is 6.59. The molecule has 0 aliphatic carbocycles. The fourth-order valence-electron chi connectivity index (χ4n) is 3.60. The number of nitrogens with one attached hydrogen (secondary N) is 1. The van der Waals surface area contributed by atoms with Gasteiger partial charge in [-0.1, -0.05) is 0 Å². The predicted octanol–water partition coefficient (Wildman–Crippen LogP) is 2.10. The van der Waals surface area contributed by atoms with Gasteiger partial charge in [-0.05, 0) is 30.7 Å². The maximum atomic E-state index is 13.7. The minimum absolute atomic E-state index is 0.0159. The van der Waals surface area contributed by atoms with Crippen LogP contribution in [0.4, 0.5) is 10.2 Å². The van der Waals surface area contributed by atoms with E-state index in [1.807, 2.05) is 0 Å². The van der Waals surface area contributed by atoms with E-state index in [0.29, 0.717) is 25.3 Å². The molecule has 0 saturated carbocycles.